The molecule has 1 heterocycles. The van der Waals surface area contributed by atoms with Crippen LogP contribution in [0.1, 0.15) is 30.3 Å². The van der Waals surface area contributed by atoms with Crippen LogP contribution in [0.2, 0.25) is 5.02 Å². The third kappa shape index (κ3) is 3.46. The van der Waals surface area contributed by atoms with Crippen LogP contribution < -0.4 is 5.32 Å². The van der Waals surface area contributed by atoms with E-state index in [4.69, 9.17) is 11.6 Å². The van der Waals surface area contributed by atoms with E-state index in [1.54, 1.807) is 6.07 Å². The fourth-order valence-electron chi connectivity index (χ4n) is 1.99. The molecule has 0 bridgehead atoms. The fraction of sp³-hybridized carbons (Fsp3) is 0.333. The lowest BCUT2D eigenvalue weighted by atomic mass is 10.2. The number of para-hydroxylation sites is 1. The first kappa shape index (κ1) is 14.8. The largest absolute Gasteiger partial charge is 0.391 e. The van der Waals surface area contributed by atoms with Crippen molar-refractivity contribution in [2.24, 2.45) is 0 Å². The Balaban J connectivity index is 2.14. The van der Waals surface area contributed by atoms with Crippen molar-refractivity contribution in [1.29, 1.82) is 0 Å². The minimum absolute atomic E-state index is 0.221. The molecule has 1 atom stereocenters. The molecule has 5 heteroatoms. The van der Waals surface area contributed by atoms with Crippen LogP contribution in [0, 0.1) is 0 Å². The average molecular weight is 293 g/mol. The van der Waals surface area contributed by atoms with E-state index in [1.807, 2.05) is 31.2 Å². The van der Waals surface area contributed by atoms with E-state index < -0.39 is 6.10 Å². The van der Waals surface area contributed by atoms with Crippen molar-refractivity contribution < 1.29 is 9.90 Å². The van der Waals surface area contributed by atoms with Gasteiger partial charge in [0.25, 0.3) is 5.91 Å². The zero-order valence-electron chi connectivity index (χ0n) is 11.3. The van der Waals surface area contributed by atoms with Crippen LogP contribution in [-0.4, -0.2) is 28.6 Å². The number of aliphatic hydroxyl groups excluding tert-OH is 1. The molecule has 0 spiro atoms. The zero-order valence-corrected chi connectivity index (χ0v) is 12.0. The van der Waals surface area contributed by atoms with Crippen molar-refractivity contribution in [3.63, 3.8) is 0 Å². The fourth-order valence-corrected chi connectivity index (χ4v) is 2.25. The third-order valence-electron chi connectivity index (χ3n) is 3.02. The summed E-state index contributed by atoms with van der Waals surface area (Å²) in [7, 11) is 0. The summed E-state index contributed by atoms with van der Waals surface area (Å²) in [4.78, 5) is 16.3. The monoisotopic (exact) mass is 292 g/mol. The van der Waals surface area contributed by atoms with Gasteiger partial charge in [-0.1, -0.05) is 43.1 Å². The Bertz CT molecular complexity index is 616. The molecule has 1 aromatic carbocycles. The molecule has 4 nitrogen and oxygen atoms in total. The van der Waals surface area contributed by atoms with Crippen molar-refractivity contribution >= 4 is 28.4 Å². The lowest BCUT2D eigenvalue weighted by Gasteiger charge is -2.11. The minimum atomic E-state index is -0.528. The predicted octanol–water partition coefficient (Wildman–Crippen LogP) is 2.78. The summed E-state index contributed by atoms with van der Waals surface area (Å²) in [6.45, 7) is 2.20. The molecule has 1 amide bonds. The highest BCUT2D eigenvalue weighted by Gasteiger charge is 2.12. The number of hydrogen-bond acceptors (Lipinski definition) is 3. The maximum atomic E-state index is 12.0. The first-order valence-corrected chi connectivity index (χ1v) is 7.01. The Kier molecular flexibility index (Phi) is 4.93. The van der Waals surface area contributed by atoms with E-state index >= 15 is 0 Å². The number of carbonyl (C=O) groups is 1. The molecular weight excluding hydrogens is 276 g/mol. The zero-order chi connectivity index (χ0) is 14.5. The molecule has 2 rings (SSSR count). The Hall–Kier alpha value is -1.65. The molecule has 2 N–H and O–H groups in total. The summed E-state index contributed by atoms with van der Waals surface area (Å²) in [5.41, 5.74) is 0.941. The molecule has 1 aromatic heterocycles. The second-order valence-electron chi connectivity index (χ2n) is 4.66. The molecule has 106 valence electrons. The number of aliphatic hydroxyl groups is 1. The molecule has 20 heavy (non-hydrogen) atoms. The summed E-state index contributed by atoms with van der Waals surface area (Å²) in [6, 6.07) is 8.93. The van der Waals surface area contributed by atoms with Crippen LogP contribution >= 0.6 is 11.6 Å². The lowest BCUT2D eigenvalue weighted by molar-refractivity contribution is 0.0905. The van der Waals surface area contributed by atoms with Gasteiger partial charge in [0.1, 0.15) is 5.69 Å². The van der Waals surface area contributed by atoms with E-state index in [-0.39, 0.29) is 18.1 Å². The molecule has 0 radical (unpaired) electrons. The van der Waals surface area contributed by atoms with Gasteiger partial charge < -0.3 is 10.4 Å². The summed E-state index contributed by atoms with van der Waals surface area (Å²) < 4.78 is 0. The topological polar surface area (TPSA) is 62.2 Å². The summed E-state index contributed by atoms with van der Waals surface area (Å²) in [6.07, 6.45) is 1.00. The van der Waals surface area contributed by atoms with E-state index in [0.29, 0.717) is 17.0 Å². The number of aromatic nitrogens is 1. The highest BCUT2D eigenvalue weighted by Crippen LogP contribution is 2.22. The highest BCUT2D eigenvalue weighted by molar-refractivity contribution is 6.35. The van der Waals surface area contributed by atoms with Gasteiger partial charge in [0, 0.05) is 11.9 Å². The Morgan fingerprint density at radius 2 is 2.20 bits per heavy atom. The number of pyridine rings is 1. The molecule has 0 aliphatic rings. The molecule has 0 saturated carbocycles. The van der Waals surface area contributed by atoms with Gasteiger partial charge in [0.05, 0.1) is 16.6 Å². The van der Waals surface area contributed by atoms with Crippen LogP contribution in [0.25, 0.3) is 10.9 Å². The summed E-state index contributed by atoms with van der Waals surface area (Å²) in [5.74, 6) is -0.326. The van der Waals surface area contributed by atoms with Gasteiger partial charge >= 0.3 is 0 Å². The van der Waals surface area contributed by atoms with E-state index in [0.717, 1.165) is 11.8 Å². The number of carbonyl (C=O) groups excluding carboxylic acids is 1. The van der Waals surface area contributed by atoms with Crippen LogP contribution in [0.15, 0.2) is 30.3 Å². The highest BCUT2D eigenvalue weighted by atomic mass is 35.5. The van der Waals surface area contributed by atoms with Crippen molar-refractivity contribution in [2.45, 2.75) is 25.9 Å². The van der Waals surface area contributed by atoms with Crippen LogP contribution in [0.4, 0.5) is 0 Å². The molecule has 1 unspecified atom stereocenters. The van der Waals surface area contributed by atoms with Gasteiger partial charge in [0.15, 0.2) is 0 Å². The molecule has 2 aromatic rings. The smallest absolute Gasteiger partial charge is 0.270 e. The second kappa shape index (κ2) is 6.68. The maximum Gasteiger partial charge on any atom is 0.270 e. The Morgan fingerprint density at radius 1 is 1.45 bits per heavy atom. The molecular formula is C15H17ClN2O2. The number of amides is 1. The number of rotatable bonds is 5. The molecule has 0 saturated heterocycles. The van der Waals surface area contributed by atoms with Crippen LogP contribution in [-0.2, 0) is 0 Å². The molecule has 0 fully saturated rings. The van der Waals surface area contributed by atoms with E-state index in [1.165, 1.54) is 0 Å². The Labute approximate surface area is 122 Å². The maximum absolute atomic E-state index is 12.0. The average Bonchev–Trinajstić information content (AvgIpc) is 2.45. The summed E-state index contributed by atoms with van der Waals surface area (Å²) in [5, 5.41) is 13.6. The van der Waals surface area contributed by atoms with Gasteiger partial charge in [-0.05, 0) is 18.6 Å². The van der Waals surface area contributed by atoms with Crippen molar-refractivity contribution in [2.75, 3.05) is 6.54 Å². The van der Waals surface area contributed by atoms with Crippen LogP contribution in [0.5, 0.6) is 0 Å². The van der Waals surface area contributed by atoms with Crippen molar-refractivity contribution in [3.8, 4) is 0 Å². The SMILES string of the molecule is CCCC(O)CNC(=O)c1cc(Cl)c2ccccc2n1. The Morgan fingerprint density at radius 3 is 2.95 bits per heavy atom. The first-order chi connectivity index (χ1) is 9.61. The molecule has 0 aliphatic carbocycles. The summed E-state index contributed by atoms with van der Waals surface area (Å²) >= 11 is 6.15. The standard InChI is InChI=1S/C15H17ClN2O2/c1-2-5-10(19)9-17-15(20)14-8-12(16)11-6-3-4-7-13(11)18-14/h3-4,6-8,10,19H,2,5,9H2,1H3,(H,17,20). The quantitative estimate of drug-likeness (QED) is 0.891. The molecule has 0 aliphatic heterocycles. The predicted molar refractivity (Wildman–Crippen MR) is 80.0 cm³/mol. The van der Waals surface area contributed by atoms with Crippen molar-refractivity contribution in [3.05, 3.63) is 41.0 Å². The lowest BCUT2D eigenvalue weighted by Crippen LogP contribution is -2.32. The number of benzene rings is 1. The normalized spacial score (nSPS) is 12.3. The van der Waals surface area contributed by atoms with Crippen LogP contribution in [0.3, 0.4) is 0 Å². The second-order valence-corrected chi connectivity index (χ2v) is 5.07. The van der Waals surface area contributed by atoms with E-state index in [2.05, 4.69) is 10.3 Å². The minimum Gasteiger partial charge on any atom is -0.391 e. The number of fused-ring (bicyclic) bond motifs is 1. The van der Waals surface area contributed by atoms with Gasteiger partial charge in [-0.3, -0.25) is 4.79 Å². The van der Waals surface area contributed by atoms with E-state index in [9.17, 15) is 9.90 Å². The third-order valence-corrected chi connectivity index (χ3v) is 3.33. The number of nitrogens with one attached hydrogen (secondary N) is 1. The number of hydrogen-bond donors (Lipinski definition) is 2. The van der Waals surface area contributed by atoms with Gasteiger partial charge in [-0.15, -0.1) is 0 Å². The van der Waals surface area contributed by atoms with Gasteiger partial charge in [-0.25, -0.2) is 4.98 Å². The van der Waals surface area contributed by atoms with Crippen molar-refractivity contribution in [1.82, 2.24) is 10.3 Å². The van der Waals surface area contributed by atoms with Gasteiger partial charge in [-0.2, -0.15) is 0 Å². The first-order valence-electron chi connectivity index (χ1n) is 6.63. The van der Waals surface area contributed by atoms with Gasteiger partial charge in [0.2, 0.25) is 0 Å². The number of nitrogens with zero attached hydrogens (tertiary/aromatic N) is 1. The number of halogens is 1.